The molecule has 3 aromatic carbocycles. The first-order chi connectivity index (χ1) is 23.3. The van der Waals surface area contributed by atoms with Crippen molar-refractivity contribution in [1.29, 1.82) is 0 Å². The predicted molar refractivity (Wildman–Crippen MR) is 187 cm³/mol. The third-order valence-corrected chi connectivity index (χ3v) is 7.17. The molecule has 0 heterocycles. The Morgan fingerprint density at radius 3 is 1.98 bits per heavy atom. The summed E-state index contributed by atoms with van der Waals surface area (Å²) in [5.74, 6) is -0.567. The molecule has 0 saturated heterocycles. The van der Waals surface area contributed by atoms with Gasteiger partial charge in [-0.2, -0.15) is 0 Å². The summed E-state index contributed by atoms with van der Waals surface area (Å²) in [6.07, 6.45) is 6.48. The van der Waals surface area contributed by atoms with Gasteiger partial charge in [-0.05, 0) is 82.5 Å². The Bertz CT molecular complexity index is 1810. The molecule has 49 heavy (non-hydrogen) atoms. The second-order valence-corrected chi connectivity index (χ2v) is 12.0. The number of hydrogen-bond acceptors (Lipinski definition) is 8. The van der Waals surface area contributed by atoms with E-state index in [4.69, 9.17) is 18.9 Å². The van der Waals surface area contributed by atoms with Crippen molar-refractivity contribution < 1.29 is 38.1 Å². The van der Waals surface area contributed by atoms with Crippen LogP contribution in [0.15, 0.2) is 83.4 Å². The van der Waals surface area contributed by atoms with Crippen LogP contribution in [0.1, 0.15) is 70.3 Å². The molecule has 256 valence electrons. The summed E-state index contributed by atoms with van der Waals surface area (Å²) in [7, 11) is 4.29. The van der Waals surface area contributed by atoms with Crippen LogP contribution < -0.4 is 30.2 Å². The Morgan fingerprint density at radius 1 is 0.755 bits per heavy atom. The van der Waals surface area contributed by atoms with Crippen molar-refractivity contribution in [1.82, 2.24) is 5.32 Å². The van der Waals surface area contributed by atoms with Crippen LogP contribution in [0, 0.1) is 6.92 Å². The Labute approximate surface area is 285 Å². The molecule has 0 radical (unpaired) electrons. The fraction of sp³-hybridized carbons (Fsp3) is 0.270. The lowest BCUT2D eigenvalue weighted by molar-refractivity contribution is 0.0603. The molecule has 0 saturated carbocycles. The van der Waals surface area contributed by atoms with Crippen molar-refractivity contribution in [2.75, 3.05) is 32.0 Å². The van der Waals surface area contributed by atoms with Crippen LogP contribution in [0.2, 0.25) is 0 Å². The molecule has 0 unspecified atom stereocenters. The number of amides is 3. The smallest absolute Gasteiger partial charge is 0.437 e. The Morgan fingerprint density at radius 2 is 1.41 bits per heavy atom. The summed E-state index contributed by atoms with van der Waals surface area (Å²) in [6.45, 7) is 6.88. The minimum Gasteiger partial charge on any atom is -0.493 e. The van der Waals surface area contributed by atoms with Crippen LogP contribution in [0.3, 0.4) is 0 Å². The zero-order chi connectivity index (χ0) is 35.7. The fourth-order valence-electron chi connectivity index (χ4n) is 4.74. The Balaban J connectivity index is 1.56. The number of hydrogen-bond donors (Lipinski definition) is 3. The van der Waals surface area contributed by atoms with Gasteiger partial charge in [0.15, 0.2) is 17.3 Å². The Kier molecular flexibility index (Phi) is 11.6. The molecular formula is C37H40N4O8. The molecular weight excluding hydrogens is 628 g/mol. The molecule has 3 amide bonds. The number of ether oxygens (including phenoxy) is 4. The maximum Gasteiger partial charge on any atom is 0.437 e. The molecule has 0 aromatic heterocycles. The van der Waals surface area contributed by atoms with E-state index in [-0.39, 0.29) is 28.8 Å². The highest BCUT2D eigenvalue weighted by atomic mass is 16.6. The number of ketones is 1. The van der Waals surface area contributed by atoms with Gasteiger partial charge in [0.25, 0.3) is 11.8 Å². The largest absolute Gasteiger partial charge is 0.493 e. The third kappa shape index (κ3) is 9.57. The normalized spacial score (nSPS) is 12.7. The number of nitrogens with one attached hydrogen (secondary N) is 3. The molecule has 3 N–H and O–H groups in total. The van der Waals surface area contributed by atoms with Gasteiger partial charge >= 0.3 is 6.09 Å². The number of methoxy groups -OCH3 is 3. The van der Waals surface area contributed by atoms with Gasteiger partial charge in [0.05, 0.1) is 21.3 Å². The highest BCUT2D eigenvalue weighted by Gasteiger charge is 2.21. The van der Waals surface area contributed by atoms with Crippen molar-refractivity contribution in [2.45, 2.75) is 46.1 Å². The SMILES string of the molecule is COc1cc(C(=O)N/C(=N/C(=O)OC(C)(C)C)Nc2ccc(C)c(NC(=O)c3ccc(C(=O)C4=CCCC=C4)cc3)c2)cc(OC)c1OC. The van der Waals surface area contributed by atoms with E-state index in [0.29, 0.717) is 33.8 Å². The topological polar surface area (TPSA) is 154 Å². The average Bonchev–Trinajstić information content (AvgIpc) is 3.08. The van der Waals surface area contributed by atoms with Gasteiger partial charge in [-0.1, -0.05) is 36.4 Å². The number of benzene rings is 3. The molecule has 12 heteroatoms. The minimum absolute atomic E-state index is 0.0984. The monoisotopic (exact) mass is 668 g/mol. The number of guanidine groups is 1. The van der Waals surface area contributed by atoms with Crippen molar-refractivity contribution in [3.8, 4) is 17.2 Å². The molecule has 3 aromatic rings. The molecule has 12 nitrogen and oxygen atoms in total. The number of allylic oxidation sites excluding steroid dienone is 4. The molecule has 1 aliphatic rings. The van der Waals surface area contributed by atoms with E-state index < -0.39 is 23.5 Å². The molecule has 0 aliphatic heterocycles. The van der Waals surface area contributed by atoms with Crippen LogP contribution in [-0.2, 0) is 4.74 Å². The van der Waals surface area contributed by atoms with E-state index in [1.54, 1.807) is 63.2 Å². The Hall–Kier alpha value is -5.91. The van der Waals surface area contributed by atoms with E-state index in [1.807, 2.05) is 25.2 Å². The number of Topliss-reactive ketones (excluding diaryl/α,β-unsaturated/α-hetero) is 1. The maximum absolute atomic E-state index is 13.4. The first kappa shape index (κ1) is 35.9. The van der Waals surface area contributed by atoms with Crippen LogP contribution >= 0.6 is 0 Å². The molecule has 0 fully saturated rings. The zero-order valence-corrected chi connectivity index (χ0v) is 28.6. The number of nitrogens with zero attached hydrogens (tertiary/aromatic N) is 1. The number of aryl methyl sites for hydroxylation is 1. The summed E-state index contributed by atoms with van der Waals surface area (Å²) >= 11 is 0. The van der Waals surface area contributed by atoms with E-state index >= 15 is 0 Å². The van der Waals surface area contributed by atoms with Crippen LogP contribution in [0.4, 0.5) is 16.2 Å². The minimum atomic E-state index is -0.946. The summed E-state index contributed by atoms with van der Waals surface area (Å²) < 4.78 is 21.4. The number of carbonyl (C=O) groups excluding carboxylic acids is 4. The maximum atomic E-state index is 13.4. The quantitative estimate of drug-likeness (QED) is 0.126. The van der Waals surface area contributed by atoms with Gasteiger partial charge in [0.2, 0.25) is 11.7 Å². The number of anilines is 2. The fourth-order valence-corrected chi connectivity index (χ4v) is 4.74. The van der Waals surface area contributed by atoms with Crippen molar-refractivity contribution in [3.63, 3.8) is 0 Å². The summed E-state index contributed by atoms with van der Waals surface area (Å²) in [5, 5.41) is 8.42. The van der Waals surface area contributed by atoms with Gasteiger partial charge in [-0.3, -0.25) is 19.7 Å². The standard InChI is InChI=1S/C37H40N4O8/c1-22-13-18-27(21-28(22)39-33(43)25-16-14-24(15-17-25)31(42)23-11-9-8-10-12-23)38-35(41-36(45)49-37(2,3)4)40-34(44)26-19-29(46-5)32(48-7)30(20-26)47-6/h9,11-21H,8,10H2,1-7H3,(H,39,43)(H2,38,40,41,44,45). The zero-order valence-electron chi connectivity index (χ0n) is 28.6. The second kappa shape index (κ2) is 15.8. The van der Waals surface area contributed by atoms with E-state index in [9.17, 15) is 19.2 Å². The van der Waals surface area contributed by atoms with Gasteiger partial charge in [0, 0.05) is 33.6 Å². The second-order valence-electron chi connectivity index (χ2n) is 12.0. The molecule has 0 bridgehead atoms. The number of carbonyl (C=O) groups is 4. The predicted octanol–water partition coefficient (Wildman–Crippen LogP) is 6.87. The average molecular weight is 669 g/mol. The van der Waals surface area contributed by atoms with Gasteiger partial charge < -0.3 is 29.6 Å². The van der Waals surface area contributed by atoms with Crippen molar-refractivity contribution in [3.05, 3.63) is 101 Å². The number of rotatable bonds is 9. The summed E-state index contributed by atoms with van der Waals surface area (Å²) in [4.78, 5) is 56.1. The molecule has 0 spiro atoms. The lowest BCUT2D eigenvalue weighted by atomic mass is 9.97. The van der Waals surface area contributed by atoms with E-state index in [1.165, 1.54) is 33.5 Å². The summed E-state index contributed by atoms with van der Waals surface area (Å²) in [6, 6.07) is 14.4. The third-order valence-electron chi connectivity index (χ3n) is 7.17. The first-order valence-corrected chi connectivity index (χ1v) is 15.5. The van der Waals surface area contributed by atoms with E-state index in [0.717, 1.165) is 18.4 Å². The van der Waals surface area contributed by atoms with E-state index in [2.05, 4.69) is 20.9 Å². The van der Waals surface area contributed by atoms with Gasteiger partial charge in [-0.25, -0.2) is 4.79 Å². The van der Waals surface area contributed by atoms with Gasteiger partial charge in [-0.15, -0.1) is 4.99 Å². The lowest BCUT2D eigenvalue weighted by Crippen LogP contribution is -2.37. The number of aliphatic imine (C=N–C) groups is 1. The molecule has 1 aliphatic carbocycles. The first-order valence-electron chi connectivity index (χ1n) is 15.5. The molecule has 0 atom stereocenters. The highest BCUT2D eigenvalue weighted by molar-refractivity contribution is 6.13. The highest BCUT2D eigenvalue weighted by Crippen LogP contribution is 2.38. The van der Waals surface area contributed by atoms with Gasteiger partial charge in [0.1, 0.15) is 5.60 Å². The van der Waals surface area contributed by atoms with Crippen LogP contribution in [0.25, 0.3) is 0 Å². The van der Waals surface area contributed by atoms with Crippen molar-refractivity contribution in [2.24, 2.45) is 4.99 Å². The lowest BCUT2D eigenvalue weighted by Gasteiger charge is -2.19. The van der Waals surface area contributed by atoms with Crippen molar-refractivity contribution >= 4 is 41.0 Å². The molecule has 4 rings (SSSR count). The van der Waals surface area contributed by atoms with Crippen LogP contribution in [0.5, 0.6) is 17.2 Å². The van der Waals surface area contributed by atoms with Crippen LogP contribution in [-0.4, -0.2) is 56.6 Å². The summed E-state index contributed by atoms with van der Waals surface area (Å²) in [5.41, 5.74) is 2.36.